The fourth-order valence-corrected chi connectivity index (χ4v) is 12.7. The maximum Gasteiger partial charge on any atom is 0.333 e. The molecule has 0 N–H and O–H groups in total. The van der Waals surface area contributed by atoms with Crippen molar-refractivity contribution in [3.05, 3.63) is 174 Å². The van der Waals surface area contributed by atoms with Crippen molar-refractivity contribution in [2.45, 2.75) is 105 Å². The summed E-state index contributed by atoms with van der Waals surface area (Å²) in [6, 6.07) is 58.9. The predicted molar refractivity (Wildman–Crippen MR) is 312 cm³/mol. The summed E-state index contributed by atoms with van der Waals surface area (Å²) in [5.74, 6) is 0. The summed E-state index contributed by atoms with van der Waals surface area (Å²) in [6.45, 7) is 28.1. The predicted octanol–water partition coefficient (Wildman–Crippen LogP) is 17.9. The van der Waals surface area contributed by atoms with Gasteiger partial charge in [-0.3, -0.25) is 0 Å². The SMILES string of the molecule is CC(C)(C)c1cc(N2c3cc4cc5c6ccccc6c6ccccc6c5cc4cc3B3c4c2cc2c(oc5ccccc52)c4-c2cc(C(C)(C)C)cc4c5cc(C(C)(C)C)ccc5n3c24)cc(C(C)(C)C)c1. The Balaban J connectivity index is 1.21. The molecule has 2 aromatic heterocycles. The van der Waals surface area contributed by atoms with Gasteiger partial charge in [0.2, 0.25) is 0 Å². The number of fused-ring (bicyclic) bond motifs is 18. The van der Waals surface area contributed by atoms with Crippen LogP contribution in [0.1, 0.15) is 105 Å². The number of benzene rings is 10. The highest BCUT2D eigenvalue weighted by molar-refractivity contribution is 6.90. The summed E-state index contributed by atoms with van der Waals surface area (Å²) in [5, 5.41) is 15.1. The van der Waals surface area contributed by atoms with Crippen molar-refractivity contribution in [3.8, 4) is 11.1 Å². The number of hydrogen-bond acceptors (Lipinski definition) is 2. The van der Waals surface area contributed by atoms with Crippen molar-refractivity contribution >= 4 is 122 Å². The lowest BCUT2D eigenvalue weighted by Crippen LogP contribution is -2.56. The summed E-state index contributed by atoms with van der Waals surface area (Å²) in [6.07, 6.45) is 0. The molecule has 352 valence electrons. The van der Waals surface area contributed by atoms with Gasteiger partial charge >= 0.3 is 6.85 Å². The minimum Gasteiger partial charge on any atom is -0.455 e. The molecule has 12 aromatic rings. The fourth-order valence-electron chi connectivity index (χ4n) is 12.7. The lowest BCUT2D eigenvalue weighted by molar-refractivity contribution is 0.569. The third kappa shape index (κ3) is 6.05. The summed E-state index contributed by atoms with van der Waals surface area (Å²) >= 11 is 0. The fraction of sp³-hybridized carbons (Fsp3) is 0.235. The van der Waals surface area contributed by atoms with E-state index in [0.29, 0.717) is 0 Å². The van der Waals surface area contributed by atoms with Crippen LogP contribution in [0.3, 0.4) is 0 Å². The summed E-state index contributed by atoms with van der Waals surface area (Å²) < 4.78 is 9.99. The van der Waals surface area contributed by atoms with E-state index in [1.165, 1.54) is 126 Å². The van der Waals surface area contributed by atoms with E-state index < -0.39 is 0 Å². The minimum absolute atomic E-state index is 0.0214. The molecule has 3 nitrogen and oxygen atoms in total. The number of rotatable bonds is 1. The van der Waals surface area contributed by atoms with Gasteiger partial charge in [-0.15, -0.1) is 0 Å². The molecule has 0 fully saturated rings. The van der Waals surface area contributed by atoms with Crippen LogP contribution >= 0.6 is 0 Å². The Morgan fingerprint density at radius 2 is 0.931 bits per heavy atom. The first kappa shape index (κ1) is 43.5. The van der Waals surface area contributed by atoms with E-state index in [4.69, 9.17) is 4.42 Å². The Morgan fingerprint density at radius 3 is 1.53 bits per heavy atom. The van der Waals surface area contributed by atoms with Crippen LogP contribution in [0, 0.1) is 0 Å². The molecule has 0 saturated carbocycles. The Kier molecular flexibility index (Phi) is 8.59. The van der Waals surface area contributed by atoms with Crippen molar-refractivity contribution in [1.29, 1.82) is 0 Å². The maximum atomic E-state index is 7.26. The molecule has 0 bridgehead atoms. The van der Waals surface area contributed by atoms with E-state index in [1.54, 1.807) is 0 Å². The van der Waals surface area contributed by atoms with Crippen LogP contribution in [0.25, 0.3) is 98.0 Å². The molecular formula is C68H61BN2O. The van der Waals surface area contributed by atoms with Gasteiger partial charge in [0.25, 0.3) is 0 Å². The summed E-state index contributed by atoms with van der Waals surface area (Å²) in [7, 11) is 0. The largest absolute Gasteiger partial charge is 0.455 e. The topological polar surface area (TPSA) is 21.3 Å². The van der Waals surface area contributed by atoms with Gasteiger partial charge in [-0.25, -0.2) is 0 Å². The van der Waals surface area contributed by atoms with E-state index in [9.17, 15) is 0 Å². The van der Waals surface area contributed by atoms with Crippen LogP contribution in [-0.2, 0) is 21.7 Å². The Hall–Kier alpha value is -7.30. The number of nitrogens with zero attached hydrogens (tertiary/aromatic N) is 2. The maximum absolute atomic E-state index is 7.26. The molecule has 2 aliphatic heterocycles. The van der Waals surface area contributed by atoms with Gasteiger partial charge < -0.3 is 13.8 Å². The van der Waals surface area contributed by atoms with Crippen molar-refractivity contribution in [2.75, 3.05) is 4.90 Å². The molecule has 0 radical (unpaired) electrons. The Labute approximate surface area is 423 Å². The highest BCUT2D eigenvalue weighted by Crippen LogP contribution is 2.52. The number of anilines is 3. The summed E-state index contributed by atoms with van der Waals surface area (Å²) in [4.78, 5) is 2.65. The zero-order valence-electron chi connectivity index (χ0n) is 43.8. The molecule has 0 saturated heterocycles. The zero-order valence-corrected chi connectivity index (χ0v) is 43.8. The number of para-hydroxylation sites is 1. The van der Waals surface area contributed by atoms with Gasteiger partial charge in [0.15, 0.2) is 0 Å². The van der Waals surface area contributed by atoms with Gasteiger partial charge in [0.05, 0.1) is 0 Å². The number of hydrogen-bond donors (Lipinski definition) is 0. The lowest BCUT2D eigenvalue weighted by atomic mass is 9.44. The number of aromatic nitrogens is 1. The quantitative estimate of drug-likeness (QED) is 0.0929. The van der Waals surface area contributed by atoms with Crippen molar-refractivity contribution in [1.82, 2.24) is 4.48 Å². The average molecular weight is 933 g/mol. The van der Waals surface area contributed by atoms with Gasteiger partial charge in [-0.1, -0.05) is 168 Å². The van der Waals surface area contributed by atoms with Crippen molar-refractivity contribution in [3.63, 3.8) is 0 Å². The second-order valence-corrected chi connectivity index (χ2v) is 25.4. The molecule has 0 spiro atoms. The molecule has 14 rings (SSSR count). The molecular weight excluding hydrogens is 872 g/mol. The first-order valence-corrected chi connectivity index (χ1v) is 26.1. The molecule has 0 amide bonds. The van der Waals surface area contributed by atoms with E-state index in [0.717, 1.165) is 21.9 Å². The highest BCUT2D eigenvalue weighted by Gasteiger charge is 2.45. The van der Waals surface area contributed by atoms with E-state index in [-0.39, 0.29) is 28.5 Å². The third-order valence-corrected chi connectivity index (χ3v) is 16.6. The van der Waals surface area contributed by atoms with Crippen LogP contribution < -0.4 is 15.8 Å². The van der Waals surface area contributed by atoms with Crippen molar-refractivity contribution < 1.29 is 4.42 Å². The molecule has 0 unspecified atom stereocenters. The molecule has 2 aliphatic rings. The molecule has 4 heterocycles. The molecule has 72 heavy (non-hydrogen) atoms. The Bertz CT molecular complexity index is 4350. The van der Waals surface area contributed by atoms with Crippen molar-refractivity contribution in [2.24, 2.45) is 0 Å². The standard InChI is InChI=1S/C68H61BN2O/c1-65(2,3)40-25-26-57-52(34-40)53-35-43(68(10,11)12)36-55-61-62-59(37-54-49-23-17-18-24-60(49)72-64(54)61)70(44-32-41(66(4,5)6)31-42(33-44)67(7,8)9)58-30-39-28-51-48-22-16-14-20-46(48)45-19-13-15-21-47(45)50(51)27-38(39)29-56(58)69(62)71(57)63(53)55/h13-37H,1-12H3. The van der Waals surface area contributed by atoms with E-state index >= 15 is 0 Å². The van der Waals surface area contributed by atoms with Crippen LogP contribution in [0.2, 0.25) is 0 Å². The normalized spacial score (nSPS) is 14.1. The van der Waals surface area contributed by atoms with Gasteiger partial charge in [-0.05, 0) is 165 Å². The highest BCUT2D eigenvalue weighted by atomic mass is 16.3. The molecule has 10 aromatic carbocycles. The molecule has 0 aliphatic carbocycles. The Morgan fingerprint density at radius 1 is 0.403 bits per heavy atom. The van der Waals surface area contributed by atoms with E-state index in [2.05, 4.69) is 244 Å². The minimum atomic E-state index is -0.159. The van der Waals surface area contributed by atoms with Gasteiger partial charge in [0.1, 0.15) is 11.2 Å². The van der Waals surface area contributed by atoms with Crippen LogP contribution in [0.15, 0.2) is 156 Å². The van der Waals surface area contributed by atoms with Gasteiger partial charge in [0, 0.05) is 60.8 Å². The monoisotopic (exact) mass is 932 g/mol. The van der Waals surface area contributed by atoms with Crippen LogP contribution in [-0.4, -0.2) is 11.3 Å². The van der Waals surface area contributed by atoms with Crippen LogP contribution in [0.5, 0.6) is 0 Å². The van der Waals surface area contributed by atoms with E-state index in [1.807, 2.05) is 0 Å². The third-order valence-electron chi connectivity index (χ3n) is 16.6. The summed E-state index contributed by atoms with van der Waals surface area (Å²) in [5.41, 5.74) is 18.1. The number of furan rings is 1. The van der Waals surface area contributed by atoms with Gasteiger partial charge in [-0.2, -0.15) is 0 Å². The average Bonchev–Trinajstić information content (AvgIpc) is 3.88. The first-order valence-electron chi connectivity index (χ1n) is 26.1. The smallest absolute Gasteiger partial charge is 0.333 e. The zero-order chi connectivity index (χ0) is 49.7. The first-order chi connectivity index (χ1) is 34.2. The molecule has 4 heteroatoms. The lowest BCUT2D eigenvalue weighted by Gasteiger charge is -2.41. The second kappa shape index (κ2) is 14.2. The second-order valence-electron chi connectivity index (χ2n) is 25.4. The molecule has 0 atom stereocenters. The van der Waals surface area contributed by atoms with Crippen LogP contribution in [0.4, 0.5) is 17.1 Å².